The Morgan fingerprint density at radius 1 is 1.07 bits per heavy atom. The Hall–Kier alpha value is -6.33. The van der Waals surface area contributed by atoms with E-state index in [1.807, 2.05) is 17.9 Å². The number of carbonyl (C=O) groups excluding carboxylic acids is 2. The van der Waals surface area contributed by atoms with Crippen LogP contribution in [0.5, 0.6) is 11.5 Å². The van der Waals surface area contributed by atoms with E-state index in [-0.39, 0.29) is 85.1 Å². The van der Waals surface area contributed by atoms with Gasteiger partial charge in [0.2, 0.25) is 10.9 Å². The molecule has 3 aliphatic rings. The number of aromatic hydroxyl groups is 1. The lowest BCUT2D eigenvalue weighted by Gasteiger charge is -2.31. The van der Waals surface area contributed by atoms with Crippen molar-refractivity contribution in [2.45, 2.75) is 91.6 Å². The average Bonchev–Trinajstić information content (AvgIpc) is 3.54. The number of phenols is 1. The van der Waals surface area contributed by atoms with E-state index in [0.29, 0.717) is 18.8 Å². The molecule has 0 unspecified atom stereocenters. The van der Waals surface area contributed by atoms with E-state index < -0.39 is 52.6 Å². The van der Waals surface area contributed by atoms with Crippen LogP contribution in [0.2, 0.25) is 0 Å². The minimum absolute atomic E-state index is 0.00634. The van der Waals surface area contributed by atoms with E-state index in [1.54, 1.807) is 31.2 Å². The van der Waals surface area contributed by atoms with E-state index in [4.69, 9.17) is 35.8 Å². The Labute approximate surface area is 346 Å². The molecule has 7 rings (SSSR count). The first-order chi connectivity index (χ1) is 28.7. The van der Waals surface area contributed by atoms with Crippen LogP contribution < -0.4 is 36.8 Å². The summed E-state index contributed by atoms with van der Waals surface area (Å²) in [7, 11) is 0. The first-order valence-electron chi connectivity index (χ1n) is 20.3. The molecule has 3 aromatic carbocycles. The average molecular weight is 819 g/mol. The van der Waals surface area contributed by atoms with Crippen molar-refractivity contribution in [3.05, 3.63) is 79.5 Å². The quantitative estimate of drug-likeness (QED) is 0.0807. The summed E-state index contributed by atoms with van der Waals surface area (Å²) in [6, 6.07) is 3.18. The van der Waals surface area contributed by atoms with Crippen molar-refractivity contribution in [1.29, 1.82) is 0 Å². The number of amides is 1. The Morgan fingerprint density at radius 2 is 1.82 bits per heavy atom. The second-order valence-electron chi connectivity index (χ2n) is 16.1. The molecule has 4 heterocycles. The molecule has 60 heavy (non-hydrogen) atoms. The predicted octanol–water partition coefficient (Wildman–Crippen LogP) is 5.90. The van der Waals surface area contributed by atoms with Crippen LogP contribution in [-0.4, -0.2) is 58.6 Å². The van der Waals surface area contributed by atoms with Gasteiger partial charge in [0, 0.05) is 60.4 Å². The highest BCUT2D eigenvalue weighted by molar-refractivity contribution is 6.16. The molecule has 1 aromatic heterocycles. The fourth-order valence-electron chi connectivity index (χ4n) is 8.27. The largest absolute Gasteiger partial charge is 0.507 e. The van der Waals surface area contributed by atoms with Crippen LogP contribution in [-0.2, 0) is 19.1 Å². The van der Waals surface area contributed by atoms with Crippen molar-refractivity contribution in [2.75, 3.05) is 23.3 Å². The van der Waals surface area contributed by atoms with Crippen LogP contribution in [0.4, 0.5) is 11.4 Å². The van der Waals surface area contributed by atoms with Crippen molar-refractivity contribution >= 4 is 62.0 Å². The summed E-state index contributed by atoms with van der Waals surface area (Å²) < 4.78 is 24.1. The van der Waals surface area contributed by atoms with E-state index in [9.17, 15) is 29.4 Å². The molecule has 314 valence electrons. The summed E-state index contributed by atoms with van der Waals surface area (Å²) in [5, 5.41) is 25.8. The highest BCUT2D eigenvalue weighted by Crippen LogP contribution is 2.40. The van der Waals surface area contributed by atoms with Gasteiger partial charge in [0.05, 0.1) is 22.8 Å². The van der Waals surface area contributed by atoms with Crippen LogP contribution in [0.1, 0.15) is 71.8 Å². The number of allylic oxidation sites excluding steroid dienone is 4. The molecule has 1 amide bonds. The van der Waals surface area contributed by atoms with Gasteiger partial charge in [-0.1, -0.05) is 44.4 Å². The zero-order valence-electron chi connectivity index (χ0n) is 34.4. The summed E-state index contributed by atoms with van der Waals surface area (Å²) in [4.78, 5) is 61.2. The summed E-state index contributed by atoms with van der Waals surface area (Å²) >= 11 is 0. The lowest BCUT2D eigenvalue weighted by Crippen LogP contribution is -2.39. The molecular formula is C46H50N4O10. The maximum absolute atomic E-state index is 14.6. The number of nitrogens with two attached hydrogens (primary N) is 1. The van der Waals surface area contributed by atoms with Crippen molar-refractivity contribution in [3.63, 3.8) is 0 Å². The Bertz CT molecular complexity index is 2700. The first-order valence-corrected chi connectivity index (χ1v) is 20.3. The molecule has 5 N–H and O–H groups in total. The number of piperidine rings is 1. The lowest BCUT2D eigenvalue weighted by molar-refractivity contribution is -0.151. The monoisotopic (exact) mass is 818 g/mol. The number of nitrogens with zero attached hydrogens (tertiary/aromatic N) is 2. The van der Waals surface area contributed by atoms with Crippen LogP contribution in [0.3, 0.4) is 0 Å². The van der Waals surface area contributed by atoms with Crippen molar-refractivity contribution in [2.24, 2.45) is 23.5 Å². The maximum atomic E-state index is 14.6. The van der Waals surface area contributed by atoms with E-state index in [0.717, 1.165) is 32.1 Å². The number of terminal acetylenes is 1. The first kappa shape index (κ1) is 41.8. The number of esters is 1. The third-order valence-electron chi connectivity index (χ3n) is 11.7. The number of rotatable bonds is 2. The number of phenolic OH excluding ortho intramolecular Hbond substituents is 1. The Kier molecular flexibility index (Phi) is 11.9. The molecule has 0 aliphatic carbocycles. The van der Waals surface area contributed by atoms with Gasteiger partial charge in [0.15, 0.2) is 22.4 Å². The molecule has 0 spiro atoms. The van der Waals surface area contributed by atoms with E-state index in [1.165, 1.54) is 26.2 Å². The van der Waals surface area contributed by atoms with Crippen molar-refractivity contribution in [1.82, 2.24) is 4.98 Å². The van der Waals surface area contributed by atoms with Crippen LogP contribution >= 0.6 is 0 Å². The van der Waals surface area contributed by atoms with E-state index >= 15 is 0 Å². The normalized spacial score (nSPS) is 25.3. The second-order valence-corrected chi connectivity index (χ2v) is 16.1. The molecule has 1 saturated heterocycles. The number of aliphatic hydroxyl groups is 1. The molecule has 14 heteroatoms. The number of anilines is 2. The van der Waals surface area contributed by atoms with Gasteiger partial charge in [-0.2, -0.15) is 0 Å². The third-order valence-corrected chi connectivity index (χ3v) is 11.7. The highest BCUT2D eigenvalue weighted by atomic mass is 16.7. The van der Waals surface area contributed by atoms with Crippen LogP contribution in [0.15, 0.2) is 62.3 Å². The zero-order chi connectivity index (χ0) is 43.0. The molecule has 14 nitrogen and oxygen atoms in total. The number of aliphatic hydroxyl groups excluding tert-OH is 1. The Balaban J connectivity index is 1.44. The fraction of sp³-hybridized carbons (Fsp3) is 0.413. The summed E-state index contributed by atoms with van der Waals surface area (Å²) in [5.41, 5.74) is 5.21. The van der Waals surface area contributed by atoms with Crippen molar-refractivity contribution < 1.29 is 38.4 Å². The fourth-order valence-corrected chi connectivity index (χ4v) is 8.27. The minimum atomic E-state index is -1.43. The minimum Gasteiger partial charge on any atom is -0.507 e. The topological polar surface area (TPSA) is 204 Å². The van der Waals surface area contributed by atoms with Gasteiger partial charge in [-0.25, -0.2) is 4.98 Å². The van der Waals surface area contributed by atoms with Crippen molar-refractivity contribution in [3.8, 4) is 23.8 Å². The zero-order valence-corrected chi connectivity index (χ0v) is 34.4. The number of hydrogen-bond donors (Lipinski definition) is 4. The van der Waals surface area contributed by atoms with Gasteiger partial charge >= 0.3 is 5.97 Å². The number of aromatic nitrogens is 1. The molecule has 3 aliphatic heterocycles. The molecule has 0 radical (unpaired) electrons. The molecule has 5 atom stereocenters. The van der Waals surface area contributed by atoms with E-state index in [2.05, 4.69) is 18.2 Å². The van der Waals surface area contributed by atoms with Crippen LogP contribution in [0, 0.1) is 37.0 Å². The number of fused-ring (bicyclic) bond motifs is 2. The second kappa shape index (κ2) is 17.1. The maximum Gasteiger partial charge on any atom is 0.302 e. The van der Waals surface area contributed by atoms with Crippen LogP contribution in [0.25, 0.3) is 38.7 Å². The molecular weight excluding hydrogens is 769 g/mol. The molecule has 0 saturated carbocycles. The SMILES string of the molecule is C#C[C@@H]1C/C=C/O[C@H]2Oc3c(C)c(O)c4c(=O)c(c5oc6cc(N7CCC(N)CC7)cc(=O)c6nc5c4c3=C2O)NC(=O)/C(C)=C\C=C\[C@H](C)CCC[C@@H](C)[C@@H]1OC(C)=O. The molecule has 4 bridgehead atoms. The van der Waals surface area contributed by atoms with Gasteiger partial charge < -0.3 is 44.8 Å². The van der Waals surface area contributed by atoms with Gasteiger partial charge in [0.1, 0.15) is 28.8 Å². The third kappa shape index (κ3) is 8.01. The van der Waals surface area contributed by atoms with Gasteiger partial charge in [-0.15, -0.1) is 6.42 Å². The lowest BCUT2D eigenvalue weighted by atomic mass is 9.86. The van der Waals surface area contributed by atoms with Gasteiger partial charge in [-0.05, 0) is 63.9 Å². The summed E-state index contributed by atoms with van der Waals surface area (Å²) in [5.74, 6) is 0.356. The number of ether oxygens (including phenoxy) is 3. The molecule has 4 aromatic rings. The summed E-state index contributed by atoms with van der Waals surface area (Å²) in [6.45, 7) is 9.75. The Morgan fingerprint density at radius 3 is 2.53 bits per heavy atom. The predicted molar refractivity (Wildman–Crippen MR) is 229 cm³/mol. The summed E-state index contributed by atoms with van der Waals surface area (Å²) in [6.07, 6.45) is 16.4. The van der Waals surface area contributed by atoms with Gasteiger partial charge in [0.25, 0.3) is 12.2 Å². The standard InChI is InChI=1S/C46H50N4O10/c1-7-28-15-10-20-57-46-41(55)35-33-34(39(53)26(5)43(35)60-46)40(54)38(49-45(56)25(4)14-9-12-23(2)11-8-13-24(3)42(28)58-27(6)51)44-37(33)48-36-31(52)21-30(22-32(36)59-44)50-18-16-29(47)17-19-50/h1,9-10,12,14,20-24,28-29,42,46,53,55H,8,11,13,15-19,47H2,2-6H3,(H,49,56)/b12-9+,20-10+,25-14-/t23-,24-,28-,42+,46+/m1/s1. The molecule has 1 fully saturated rings. The number of nitrogens with one attached hydrogen (secondary N) is 1. The number of hydrogen-bond acceptors (Lipinski definition) is 13. The van der Waals surface area contributed by atoms with Gasteiger partial charge in [-0.3, -0.25) is 19.2 Å². The number of carbonyl (C=O) groups is 2. The highest BCUT2D eigenvalue weighted by Gasteiger charge is 2.35. The number of benzene rings is 3. The smallest absolute Gasteiger partial charge is 0.302 e.